The molecular formula is C33H39N3O6S. The SMILES string of the molecule is CCC(C)(C)c1ccc(OCCOC(=O)c2ccccc2OS(=O)n2nnc3cc(C)ccc3c2=O)c(C(C)(C)CC)c1. The highest BCUT2D eigenvalue weighted by molar-refractivity contribution is 7.78. The number of ether oxygens (including phenoxy) is 2. The van der Waals surface area contributed by atoms with E-state index < -0.39 is 22.8 Å². The third kappa shape index (κ3) is 7.13. The summed E-state index contributed by atoms with van der Waals surface area (Å²) in [4.78, 5) is 25.8. The van der Waals surface area contributed by atoms with E-state index in [-0.39, 0.29) is 40.7 Å². The molecule has 0 saturated carbocycles. The quantitative estimate of drug-likeness (QED) is 0.138. The highest BCUT2D eigenvalue weighted by Crippen LogP contribution is 2.38. The van der Waals surface area contributed by atoms with Crippen LogP contribution in [-0.4, -0.2) is 37.8 Å². The molecule has 0 amide bonds. The molecule has 0 radical (unpaired) electrons. The van der Waals surface area contributed by atoms with Gasteiger partial charge in [-0.15, -0.1) is 5.10 Å². The second-order valence-corrected chi connectivity index (χ2v) is 12.7. The number of para-hydroxylation sites is 1. The first kappa shape index (κ1) is 31.9. The maximum atomic E-state index is 13.0. The lowest BCUT2D eigenvalue weighted by atomic mass is 9.76. The predicted octanol–water partition coefficient (Wildman–Crippen LogP) is 6.22. The van der Waals surface area contributed by atoms with Crippen LogP contribution in [0.2, 0.25) is 0 Å². The van der Waals surface area contributed by atoms with Gasteiger partial charge in [0, 0.05) is 5.56 Å². The van der Waals surface area contributed by atoms with E-state index in [2.05, 4.69) is 64.0 Å². The van der Waals surface area contributed by atoms with Crippen molar-refractivity contribution in [2.75, 3.05) is 13.2 Å². The molecule has 3 aromatic carbocycles. The van der Waals surface area contributed by atoms with Gasteiger partial charge >= 0.3 is 17.2 Å². The first-order valence-electron chi connectivity index (χ1n) is 14.4. The zero-order valence-electron chi connectivity index (χ0n) is 25.8. The normalized spacial score (nSPS) is 12.6. The minimum Gasteiger partial charge on any atom is -0.490 e. The van der Waals surface area contributed by atoms with Crippen LogP contribution in [0.3, 0.4) is 0 Å². The van der Waals surface area contributed by atoms with Gasteiger partial charge in [0.25, 0.3) is 5.56 Å². The van der Waals surface area contributed by atoms with Crippen molar-refractivity contribution in [2.45, 2.75) is 72.1 Å². The average Bonchev–Trinajstić information content (AvgIpc) is 2.99. The molecule has 0 fully saturated rings. The molecule has 1 atom stereocenters. The van der Waals surface area contributed by atoms with Crippen LogP contribution >= 0.6 is 0 Å². The Bertz CT molecular complexity index is 1710. The topological polar surface area (TPSA) is 110 Å². The summed E-state index contributed by atoms with van der Waals surface area (Å²) < 4.78 is 30.7. The van der Waals surface area contributed by atoms with Gasteiger partial charge in [0.05, 0.1) is 5.39 Å². The number of esters is 1. The minimum absolute atomic E-state index is 0.0144. The smallest absolute Gasteiger partial charge is 0.344 e. The Morgan fingerprint density at radius 3 is 2.35 bits per heavy atom. The molecule has 228 valence electrons. The summed E-state index contributed by atoms with van der Waals surface area (Å²) >= 11 is -2.39. The molecule has 0 aliphatic carbocycles. The number of hydrogen-bond acceptors (Lipinski definition) is 8. The number of benzene rings is 3. The summed E-state index contributed by atoms with van der Waals surface area (Å²) in [5.41, 5.74) is 3.02. The summed E-state index contributed by atoms with van der Waals surface area (Å²) in [6.45, 7) is 15.2. The number of rotatable bonds is 12. The summed E-state index contributed by atoms with van der Waals surface area (Å²) in [6.07, 6.45) is 1.95. The first-order valence-corrected chi connectivity index (χ1v) is 15.4. The van der Waals surface area contributed by atoms with Gasteiger partial charge in [-0.3, -0.25) is 4.79 Å². The molecule has 0 saturated heterocycles. The Labute approximate surface area is 255 Å². The molecule has 4 rings (SSSR count). The van der Waals surface area contributed by atoms with Crippen LogP contribution < -0.4 is 14.5 Å². The van der Waals surface area contributed by atoms with Crippen molar-refractivity contribution >= 4 is 28.1 Å². The van der Waals surface area contributed by atoms with E-state index in [9.17, 15) is 13.8 Å². The van der Waals surface area contributed by atoms with Crippen LogP contribution in [-0.2, 0) is 26.8 Å². The fourth-order valence-corrected chi connectivity index (χ4v) is 5.12. The third-order valence-corrected chi connectivity index (χ3v) is 8.88. The van der Waals surface area contributed by atoms with Crippen molar-refractivity contribution in [1.82, 2.24) is 14.4 Å². The van der Waals surface area contributed by atoms with Crippen molar-refractivity contribution in [3.05, 3.63) is 93.3 Å². The maximum absolute atomic E-state index is 13.0. The number of carbonyl (C=O) groups is 1. The first-order chi connectivity index (χ1) is 20.4. The predicted molar refractivity (Wildman–Crippen MR) is 168 cm³/mol. The van der Waals surface area contributed by atoms with Crippen LogP contribution in [0, 0.1) is 6.92 Å². The van der Waals surface area contributed by atoms with Crippen molar-refractivity contribution in [3.8, 4) is 11.5 Å². The largest absolute Gasteiger partial charge is 0.490 e. The fourth-order valence-electron chi connectivity index (χ4n) is 4.42. The van der Waals surface area contributed by atoms with E-state index in [1.807, 2.05) is 13.0 Å². The van der Waals surface area contributed by atoms with E-state index in [1.54, 1.807) is 30.3 Å². The number of hydrogen-bond donors (Lipinski definition) is 0. The van der Waals surface area contributed by atoms with Gasteiger partial charge in [-0.25, -0.2) is 4.79 Å². The Kier molecular flexibility index (Phi) is 9.69. The molecule has 0 aliphatic rings. The van der Waals surface area contributed by atoms with Gasteiger partial charge in [0.15, 0.2) is 5.75 Å². The average molecular weight is 606 g/mol. The van der Waals surface area contributed by atoms with Gasteiger partial charge in [-0.2, -0.15) is 4.21 Å². The molecule has 1 unspecified atom stereocenters. The summed E-state index contributed by atoms with van der Waals surface area (Å²) in [5, 5.41) is 7.99. The molecule has 1 heterocycles. The van der Waals surface area contributed by atoms with Crippen molar-refractivity contribution in [2.24, 2.45) is 0 Å². The molecule has 0 spiro atoms. The molecule has 9 nitrogen and oxygen atoms in total. The van der Waals surface area contributed by atoms with Crippen LogP contribution in [0.1, 0.15) is 81.4 Å². The molecule has 43 heavy (non-hydrogen) atoms. The molecular weight excluding hydrogens is 566 g/mol. The maximum Gasteiger partial charge on any atom is 0.344 e. The number of fused-ring (bicyclic) bond motifs is 1. The summed E-state index contributed by atoms with van der Waals surface area (Å²) in [6, 6.07) is 17.6. The third-order valence-electron chi connectivity index (χ3n) is 8.03. The summed E-state index contributed by atoms with van der Waals surface area (Å²) in [5.74, 6) is 0.0538. The van der Waals surface area contributed by atoms with Crippen molar-refractivity contribution < 1.29 is 22.7 Å². The molecule has 0 N–H and O–H groups in total. The Balaban J connectivity index is 1.44. The van der Waals surface area contributed by atoms with Gasteiger partial charge < -0.3 is 13.7 Å². The lowest BCUT2D eigenvalue weighted by Crippen LogP contribution is -2.29. The Hall–Kier alpha value is -4.05. The summed E-state index contributed by atoms with van der Waals surface area (Å²) in [7, 11) is 0. The Morgan fingerprint density at radius 2 is 1.63 bits per heavy atom. The molecule has 10 heteroatoms. The second-order valence-electron chi connectivity index (χ2n) is 11.8. The molecule has 1 aromatic heterocycles. The van der Waals surface area contributed by atoms with Crippen LogP contribution in [0.25, 0.3) is 10.9 Å². The fraction of sp³-hybridized carbons (Fsp3) is 0.394. The zero-order chi connectivity index (χ0) is 31.4. The number of aromatic nitrogens is 3. The van der Waals surface area contributed by atoms with E-state index in [0.29, 0.717) is 9.60 Å². The lowest BCUT2D eigenvalue weighted by Gasteiger charge is -2.30. The molecule has 0 aliphatic heterocycles. The van der Waals surface area contributed by atoms with E-state index in [0.717, 1.165) is 29.7 Å². The van der Waals surface area contributed by atoms with Gasteiger partial charge in [-0.05, 0) is 77.3 Å². The minimum atomic E-state index is -2.39. The molecule has 0 bridgehead atoms. The van der Waals surface area contributed by atoms with E-state index in [1.165, 1.54) is 17.7 Å². The molecule has 4 aromatic rings. The second kappa shape index (κ2) is 13.1. The number of carbonyl (C=O) groups excluding carboxylic acids is 1. The van der Waals surface area contributed by atoms with Gasteiger partial charge in [0.2, 0.25) is 0 Å². The Morgan fingerprint density at radius 1 is 0.907 bits per heavy atom. The van der Waals surface area contributed by atoms with Crippen molar-refractivity contribution in [3.63, 3.8) is 0 Å². The van der Waals surface area contributed by atoms with Crippen molar-refractivity contribution in [1.29, 1.82) is 0 Å². The van der Waals surface area contributed by atoms with Crippen LogP contribution in [0.5, 0.6) is 11.5 Å². The zero-order valence-corrected chi connectivity index (χ0v) is 26.6. The van der Waals surface area contributed by atoms with Crippen LogP contribution in [0.15, 0.2) is 65.5 Å². The number of nitrogens with zero attached hydrogens (tertiary/aromatic N) is 3. The lowest BCUT2D eigenvalue weighted by molar-refractivity contribution is 0.0447. The van der Waals surface area contributed by atoms with Gasteiger partial charge in [0.1, 0.15) is 30.0 Å². The van der Waals surface area contributed by atoms with Gasteiger partial charge in [-0.1, -0.05) is 76.0 Å². The van der Waals surface area contributed by atoms with E-state index >= 15 is 0 Å². The van der Waals surface area contributed by atoms with Crippen LogP contribution in [0.4, 0.5) is 0 Å². The standard InChI is InChI=1S/C33H39N3O6S/c1-8-32(4,5)23-15-17-29(26(21-23)33(6,7)9-2)40-18-19-41-31(38)25-12-10-11-13-28(25)42-43(39)36-30(37)24-16-14-22(3)20-27(24)34-35-36/h10-17,20-21H,8-9,18-19H2,1-7H3. The monoisotopic (exact) mass is 605 g/mol. The highest BCUT2D eigenvalue weighted by Gasteiger charge is 2.27. The highest BCUT2D eigenvalue weighted by atomic mass is 32.2. The number of aryl methyl sites for hydroxylation is 1. The van der Waals surface area contributed by atoms with E-state index in [4.69, 9.17) is 13.7 Å².